The van der Waals surface area contributed by atoms with Gasteiger partial charge in [-0.1, -0.05) is 0 Å². The largest absolute Gasteiger partial charge is 0.350 e. The molecule has 0 aromatic carbocycles. The van der Waals surface area contributed by atoms with Gasteiger partial charge in [-0.3, -0.25) is 9.48 Å². The van der Waals surface area contributed by atoms with Crippen LogP contribution in [0.5, 0.6) is 0 Å². The predicted molar refractivity (Wildman–Crippen MR) is 72.6 cm³/mol. The molecule has 0 unspecified atom stereocenters. The molecule has 1 N–H and O–H groups in total. The van der Waals surface area contributed by atoms with Gasteiger partial charge in [0.05, 0.1) is 12.2 Å². The van der Waals surface area contributed by atoms with Gasteiger partial charge in [0.25, 0.3) is 0 Å². The molecule has 2 heterocycles. The van der Waals surface area contributed by atoms with Gasteiger partial charge < -0.3 is 5.32 Å². The summed E-state index contributed by atoms with van der Waals surface area (Å²) in [5.41, 5.74) is 1.95. The average Bonchev–Trinajstić information content (AvgIpc) is 2.83. The number of thiophene rings is 1. The highest BCUT2D eigenvalue weighted by Gasteiger charge is 2.07. The van der Waals surface area contributed by atoms with Crippen LogP contribution in [-0.4, -0.2) is 15.7 Å². The van der Waals surface area contributed by atoms with Crippen LogP contribution >= 0.6 is 11.3 Å². The number of aryl methyl sites for hydroxylation is 3. The van der Waals surface area contributed by atoms with Gasteiger partial charge in [0.2, 0.25) is 5.91 Å². The summed E-state index contributed by atoms with van der Waals surface area (Å²) >= 11 is 1.71. The van der Waals surface area contributed by atoms with Crippen molar-refractivity contribution in [3.63, 3.8) is 0 Å². The quantitative estimate of drug-likeness (QED) is 0.919. The molecule has 0 atom stereocenters. The van der Waals surface area contributed by atoms with Crippen LogP contribution in [0.4, 0.5) is 0 Å². The molecule has 2 aromatic rings. The first kappa shape index (κ1) is 12.8. The van der Waals surface area contributed by atoms with E-state index in [9.17, 15) is 4.79 Å². The highest BCUT2D eigenvalue weighted by atomic mass is 32.1. The topological polar surface area (TPSA) is 46.9 Å². The maximum Gasteiger partial charge on any atom is 0.242 e. The minimum absolute atomic E-state index is 0.00717. The van der Waals surface area contributed by atoms with Crippen LogP contribution in [0.3, 0.4) is 0 Å². The molecule has 0 saturated carbocycles. The summed E-state index contributed by atoms with van der Waals surface area (Å²) in [7, 11) is 0. The SMILES string of the molecule is Cc1cc(C)n(CC(=O)NCc2ccc(C)s2)n1. The van der Waals surface area contributed by atoms with Crippen molar-refractivity contribution in [1.82, 2.24) is 15.1 Å². The molecule has 1 amide bonds. The Balaban J connectivity index is 1.87. The van der Waals surface area contributed by atoms with Crippen LogP contribution in [0.15, 0.2) is 18.2 Å². The van der Waals surface area contributed by atoms with E-state index < -0.39 is 0 Å². The van der Waals surface area contributed by atoms with Crippen molar-refractivity contribution in [2.45, 2.75) is 33.9 Å². The molecule has 0 aliphatic carbocycles. The Morgan fingerprint density at radius 1 is 1.39 bits per heavy atom. The molecule has 4 nitrogen and oxygen atoms in total. The molecule has 96 valence electrons. The van der Waals surface area contributed by atoms with E-state index in [-0.39, 0.29) is 12.5 Å². The molecule has 0 aliphatic heterocycles. The Morgan fingerprint density at radius 3 is 2.72 bits per heavy atom. The van der Waals surface area contributed by atoms with Crippen LogP contribution in [0.2, 0.25) is 0 Å². The summed E-state index contributed by atoms with van der Waals surface area (Å²) in [6.45, 7) is 6.82. The summed E-state index contributed by atoms with van der Waals surface area (Å²) in [5.74, 6) is -0.00717. The van der Waals surface area contributed by atoms with Crippen molar-refractivity contribution in [3.05, 3.63) is 39.3 Å². The Morgan fingerprint density at radius 2 is 2.17 bits per heavy atom. The number of hydrogen-bond donors (Lipinski definition) is 1. The van der Waals surface area contributed by atoms with Crippen LogP contribution in [0.1, 0.15) is 21.1 Å². The summed E-state index contributed by atoms with van der Waals surface area (Å²) < 4.78 is 1.73. The fraction of sp³-hybridized carbons (Fsp3) is 0.385. The maximum atomic E-state index is 11.8. The van der Waals surface area contributed by atoms with Gasteiger partial charge in [-0.2, -0.15) is 5.10 Å². The lowest BCUT2D eigenvalue weighted by Crippen LogP contribution is -2.27. The van der Waals surface area contributed by atoms with E-state index in [1.165, 1.54) is 9.75 Å². The van der Waals surface area contributed by atoms with Gasteiger partial charge in [0.15, 0.2) is 0 Å². The second-order valence-corrected chi connectivity index (χ2v) is 5.75. The normalized spacial score (nSPS) is 10.6. The monoisotopic (exact) mass is 263 g/mol. The molecule has 2 rings (SSSR count). The summed E-state index contributed by atoms with van der Waals surface area (Å²) in [6.07, 6.45) is 0. The number of hydrogen-bond acceptors (Lipinski definition) is 3. The molecule has 18 heavy (non-hydrogen) atoms. The van der Waals surface area contributed by atoms with Crippen LogP contribution in [-0.2, 0) is 17.9 Å². The van der Waals surface area contributed by atoms with Crippen LogP contribution < -0.4 is 5.32 Å². The number of nitrogens with one attached hydrogen (secondary N) is 1. The standard InChI is InChI=1S/C13H17N3OS/c1-9-6-10(2)16(15-9)8-13(17)14-7-12-5-4-11(3)18-12/h4-6H,7-8H2,1-3H3,(H,14,17). The van der Waals surface area contributed by atoms with Crippen molar-refractivity contribution < 1.29 is 4.79 Å². The summed E-state index contributed by atoms with van der Waals surface area (Å²) in [6, 6.07) is 6.08. The van der Waals surface area contributed by atoms with E-state index in [0.29, 0.717) is 6.54 Å². The first-order valence-corrected chi connectivity index (χ1v) is 6.69. The second kappa shape index (κ2) is 5.35. The van der Waals surface area contributed by atoms with E-state index in [2.05, 4.69) is 23.4 Å². The van der Waals surface area contributed by atoms with Crippen molar-refractivity contribution in [2.75, 3.05) is 0 Å². The second-order valence-electron chi connectivity index (χ2n) is 4.37. The highest BCUT2D eigenvalue weighted by molar-refractivity contribution is 7.11. The molecule has 0 aliphatic rings. The van der Waals surface area contributed by atoms with E-state index in [1.54, 1.807) is 16.0 Å². The van der Waals surface area contributed by atoms with Gasteiger partial charge in [-0.25, -0.2) is 0 Å². The first-order chi connectivity index (χ1) is 8.54. The van der Waals surface area contributed by atoms with Gasteiger partial charge in [0.1, 0.15) is 6.54 Å². The lowest BCUT2D eigenvalue weighted by molar-refractivity contribution is -0.122. The fourth-order valence-electron chi connectivity index (χ4n) is 1.79. The minimum Gasteiger partial charge on any atom is -0.350 e. The lowest BCUT2D eigenvalue weighted by atomic mass is 10.4. The molecule has 0 spiro atoms. The molecule has 0 bridgehead atoms. The third kappa shape index (κ3) is 3.20. The van der Waals surface area contributed by atoms with E-state index >= 15 is 0 Å². The van der Waals surface area contributed by atoms with Gasteiger partial charge >= 0.3 is 0 Å². The summed E-state index contributed by atoms with van der Waals surface area (Å²) in [4.78, 5) is 14.2. The Kier molecular flexibility index (Phi) is 3.81. The number of amides is 1. The van der Waals surface area contributed by atoms with Crippen LogP contribution in [0, 0.1) is 20.8 Å². The summed E-state index contributed by atoms with van der Waals surface area (Å²) in [5, 5.41) is 7.18. The molecule has 2 aromatic heterocycles. The third-order valence-electron chi connectivity index (χ3n) is 2.65. The zero-order valence-corrected chi connectivity index (χ0v) is 11.7. The van der Waals surface area contributed by atoms with E-state index in [4.69, 9.17) is 0 Å². The van der Waals surface area contributed by atoms with Crippen molar-refractivity contribution in [2.24, 2.45) is 0 Å². The zero-order valence-electron chi connectivity index (χ0n) is 10.9. The van der Waals surface area contributed by atoms with Gasteiger partial charge in [-0.15, -0.1) is 11.3 Å². The van der Waals surface area contributed by atoms with Gasteiger partial charge in [-0.05, 0) is 39.0 Å². The van der Waals surface area contributed by atoms with Crippen molar-refractivity contribution >= 4 is 17.2 Å². The van der Waals surface area contributed by atoms with E-state index in [0.717, 1.165) is 11.4 Å². The molecule has 0 fully saturated rings. The number of aromatic nitrogens is 2. The molecule has 0 saturated heterocycles. The Labute approximate surface area is 111 Å². The van der Waals surface area contributed by atoms with Crippen molar-refractivity contribution in [1.29, 1.82) is 0 Å². The number of rotatable bonds is 4. The maximum absolute atomic E-state index is 11.8. The molecule has 0 radical (unpaired) electrons. The van der Waals surface area contributed by atoms with Gasteiger partial charge in [0, 0.05) is 15.4 Å². The average molecular weight is 263 g/mol. The minimum atomic E-state index is -0.00717. The molecule has 5 heteroatoms. The molecular formula is C13H17N3OS. The number of nitrogens with zero attached hydrogens (tertiary/aromatic N) is 2. The first-order valence-electron chi connectivity index (χ1n) is 5.87. The zero-order chi connectivity index (χ0) is 13.1. The lowest BCUT2D eigenvalue weighted by Gasteiger charge is -2.05. The van der Waals surface area contributed by atoms with Crippen molar-refractivity contribution in [3.8, 4) is 0 Å². The predicted octanol–water partition coefficient (Wildman–Crippen LogP) is 2.19. The highest BCUT2D eigenvalue weighted by Crippen LogP contribution is 2.14. The Bertz CT molecular complexity index is 556. The fourth-order valence-corrected chi connectivity index (χ4v) is 2.62. The smallest absolute Gasteiger partial charge is 0.242 e. The van der Waals surface area contributed by atoms with E-state index in [1.807, 2.05) is 26.0 Å². The number of carbonyl (C=O) groups excluding carboxylic acids is 1. The third-order valence-corrected chi connectivity index (χ3v) is 3.65. The Hall–Kier alpha value is -1.62. The molecular weight excluding hydrogens is 246 g/mol. The number of carbonyl (C=O) groups is 1. The van der Waals surface area contributed by atoms with Crippen LogP contribution in [0.25, 0.3) is 0 Å².